The lowest BCUT2D eigenvalue weighted by molar-refractivity contribution is 0.0527. The van der Waals surface area contributed by atoms with Gasteiger partial charge in [-0.1, -0.05) is 45.0 Å². The first-order valence-corrected chi connectivity index (χ1v) is 7.16. The minimum atomic E-state index is -0.298. The van der Waals surface area contributed by atoms with Gasteiger partial charge in [0.2, 0.25) is 0 Å². The number of hydrogen-bond donors (Lipinski definition) is 0. The number of pyridine rings is 1. The summed E-state index contributed by atoms with van der Waals surface area (Å²) in [6, 6.07) is 11.5. The highest BCUT2D eigenvalue weighted by Crippen LogP contribution is 2.26. The number of hydrogen-bond acceptors (Lipinski definition) is 3. The van der Waals surface area contributed by atoms with E-state index in [1.807, 2.05) is 36.5 Å². The van der Waals surface area contributed by atoms with Crippen LogP contribution in [0.2, 0.25) is 0 Å². The van der Waals surface area contributed by atoms with E-state index in [2.05, 4.69) is 25.8 Å². The molecule has 1 aromatic heterocycles. The summed E-state index contributed by atoms with van der Waals surface area (Å²) in [4.78, 5) is 16.5. The van der Waals surface area contributed by atoms with Crippen molar-refractivity contribution in [3.63, 3.8) is 0 Å². The smallest absolute Gasteiger partial charge is 0.338 e. The largest absolute Gasteiger partial charge is 0.462 e. The van der Waals surface area contributed by atoms with Crippen LogP contribution in [-0.2, 0) is 10.2 Å². The molecule has 2 aromatic rings. The maximum Gasteiger partial charge on any atom is 0.338 e. The Balaban J connectivity index is 2.41. The zero-order chi connectivity index (χ0) is 15.5. The Kier molecular flexibility index (Phi) is 4.41. The summed E-state index contributed by atoms with van der Waals surface area (Å²) in [6.45, 7) is 8.55. The van der Waals surface area contributed by atoms with Crippen LogP contribution in [0.25, 0.3) is 11.1 Å². The van der Waals surface area contributed by atoms with Crippen molar-refractivity contribution in [1.29, 1.82) is 0 Å². The standard InChI is InChI=1S/C18H21NO2/c1-5-21-17(20)15-9-7-6-8-14(15)13-10-11-16(19-12-13)18(2,3)4/h6-12H,5H2,1-4H3. The molecular weight excluding hydrogens is 262 g/mol. The number of ether oxygens (including phenoxy) is 1. The average Bonchev–Trinajstić information content (AvgIpc) is 2.47. The second kappa shape index (κ2) is 6.08. The molecule has 3 nitrogen and oxygen atoms in total. The molecule has 0 spiro atoms. The number of carbonyl (C=O) groups is 1. The molecule has 0 amide bonds. The first-order chi connectivity index (χ1) is 9.93. The summed E-state index contributed by atoms with van der Waals surface area (Å²) in [6.07, 6.45) is 1.82. The number of benzene rings is 1. The number of nitrogens with zero attached hydrogens (tertiary/aromatic N) is 1. The molecular formula is C18H21NO2. The average molecular weight is 283 g/mol. The van der Waals surface area contributed by atoms with Crippen molar-refractivity contribution in [1.82, 2.24) is 4.98 Å². The molecule has 0 aliphatic rings. The van der Waals surface area contributed by atoms with Crippen LogP contribution in [0.15, 0.2) is 42.6 Å². The van der Waals surface area contributed by atoms with Gasteiger partial charge in [-0.05, 0) is 24.6 Å². The highest BCUT2D eigenvalue weighted by Gasteiger charge is 2.17. The van der Waals surface area contributed by atoms with Gasteiger partial charge in [0.1, 0.15) is 0 Å². The van der Waals surface area contributed by atoms with E-state index in [1.54, 1.807) is 13.0 Å². The zero-order valence-electron chi connectivity index (χ0n) is 13.0. The van der Waals surface area contributed by atoms with Crippen LogP contribution in [0.5, 0.6) is 0 Å². The Labute approximate surface area is 126 Å². The number of rotatable bonds is 3. The fourth-order valence-electron chi connectivity index (χ4n) is 2.12. The highest BCUT2D eigenvalue weighted by atomic mass is 16.5. The normalized spacial score (nSPS) is 11.2. The SMILES string of the molecule is CCOC(=O)c1ccccc1-c1ccc(C(C)(C)C)nc1. The maximum atomic E-state index is 12.0. The van der Waals surface area contributed by atoms with Crippen LogP contribution in [0.3, 0.4) is 0 Å². The van der Waals surface area contributed by atoms with E-state index in [0.29, 0.717) is 12.2 Å². The molecule has 0 atom stereocenters. The Bertz CT molecular complexity index is 624. The van der Waals surface area contributed by atoms with Crippen LogP contribution < -0.4 is 0 Å². The van der Waals surface area contributed by atoms with Gasteiger partial charge in [0, 0.05) is 22.9 Å². The number of carbonyl (C=O) groups excluding carboxylic acids is 1. The quantitative estimate of drug-likeness (QED) is 0.792. The lowest BCUT2D eigenvalue weighted by Gasteiger charge is -2.18. The van der Waals surface area contributed by atoms with Gasteiger partial charge in [0.25, 0.3) is 0 Å². The van der Waals surface area contributed by atoms with Crippen molar-refractivity contribution in [2.45, 2.75) is 33.1 Å². The van der Waals surface area contributed by atoms with Gasteiger partial charge in [-0.3, -0.25) is 4.98 Å². The molecule has 110 valence electrons. The predicted octanol–water partition coefficient (Wildman–Crippen LogP) is 4.22. The van der Waals surface area contributed by atoms with E-state index in [1.165, 1.54) is 0 Å². The summed E-state index contributed by atoms with van der Waals surface area (Å²) >= 11 is 0. The van der Waals surface area contributed by atoms with Gasteiger partial charge in [-0.15, -0.1) is 0 Å². The van der Waals surface area contributed by atoms with E-state index in [4.69, 9.17) is 4.74 Å². The van der Waals surface area contributed by atoms with E-state index in [0.717, 1.165) is 16.8 Å². The lowest BCUT2D eigenvalue weighted by atomic mass is 9.91. The van der Waals surface area contributed by atoms with Crippen LogP contribution in [-0.4, -0.2) is 17.6 Å². The molecule has 0 radical (unpaired) electrons. The molecule has 0 aliphatic heterocycles. The summed E-state index contributed by atoms with van der Waals surface area (Å²) in [5.41, 5.74) is 3.39. The van der Waals surface area contributed by atoms with Crippen molar-refractivity contribution >= 4 is 5.97 Å². The minimum Gasteiger partial charge on any atom is -0.462 e. The zero-order valence-corrected chi connectivity index (χ0v) is 13.0. The number of esters is 1. The van der Waals surface area contributed by atoms with Crippen molar-refractivity contribution in [3.8, 4) is 11.1 Å². The molecule has 0 bridgehead atoms. The van der Waals surface area contributed by atoms with Gasteiger partial charge >= 0.3 is 5.97 Å². The summed E-state index contributed by atoms with van der Waals surface area (Å²) in [5, 5.41) is 0. The van der Waals surface area contributed by atoms with Crippen molar-refractivity contribution < 1.29 is 9.53 Å². The molecule has 0 fully saturated rings. The molecule has 1 aromatic carbocycles. The molecule has 0 N–H and O–H groups in total. The Morgan fingerprint density at radius 1 is 1.14 bits per heavy atom. The van der Waals surface area contributed by atoms with Crippen LogP contribution >= 0.6 is 0 Å². The van der Waals surface area contributed by atoms with Crippen molar-refractivity contribution in [2.24, 2.45) is 0 Å². The molecule has 2 rings (SSSR count). The van der Waals surface area contributed by atoms with Crippen LogP contribution in [0.4, 0.5) is 0 Å². The molecule has 0 unspecified atom stereocenters. The predicted molar refractivity (Wildman–Crippen MR) is 84.3 cm³/mol. The lowest BCUT2D eigenvalue weighted by Crippen LogP contribution is -2.13. The molecule has 0 saturated heterocycles. The third-order valence-electron chi connectivity index (χ3n) is 3.27. The molecule has 0 aliphatic carbocycles. The molecule has 3 heteroatoms. The van der Waals surface area contributed by atoms with E-state index < -0.39 is 0 Å². The summed E-state index contributed by atoms with van der Waals surface area (Å²) < 4.78 is 5.11. The molecule has 1 heterocycles. The first-order valence-electron chi connectivity index (χ1n) is 7.16. The second-order valence-corrected chi connectivity index (χ2v) is 5.95. The van der Waals surface area contributed by atoms with Gasteiger partial charge in [0.05, 0.1) is 12.2 Å². The maximum absolute atomic E-state index is 12.0. The van der Waals surface area contributed by atoms with Gasteiger partial charge in [0.15, 0.2) is 0 Å². The summed E-state index contributed by atoms with van der Waals surface area (Å²) in [5.74, 6) is -0.298. The molecule has 0 saturated carbocycles. The van der Waals surface area contributed by atoms with E-state index in [9.17, 15) is 4.79 Å². The Morgan fingerprint density at radius 3 is 2.43 bits per heavy atom. The van der Waals surface area contributed by atoms with Crippen LogP contribution in [0.1, 0.15) is 43.7 Å². The van der Waals surface area contributed by atoms with E-state index in [-0.39, 0.29) is 11.4 Å². The van der Waals surface area contributed by atoms with Crippen LogP contribution in [0, 0.1) is 0 Å². The second-order valence-electron chi connectivity index (χ2n) is 5.95. The third-order valence-corrected chi connectivity index (χ3v) is 3.27. The number of aromatic nitrogens is 1. The van der Waals surface area contributed by atoms with Crippen molar-refractivity contribution in [2.75, 3.05) is 6.61 Å². The van der Waals surface area contributed by atoms with Gasteiger partial charge < -0.3 is 4.74 Å². The first kappa shape index (κ1) is 15.2. The Morgan fingerprint density at radius 2 is 1.86 bits per heavy atom. The van der Waals surface area contributed by atoms with Gasteiger partial charge in [-0.2, -0.15) is 0 Å². The third kappa shape index (κ3) is 3.48. The fourth-order valence-corrected chi connectivity index (χ4v) is 2.12. The minimum absolute atomic E-state index is 0.0131. The van der Waals surface area contributed by atoms with E-state index >= 15 is 0 Å². The molecule has 21 heavy (non-hydrogen) atoms. The fraction of sp³-hybridized carbons (Fsp3) is 0.333. The summed E-state index contributed by atoms with van der Waals surface area (Å²) in [7, 11) is 0. The monoisotopic (exact) mass is 283 g/mol. The Hall–Kier alpha value is -2.16. The highest BCUT2D eigenvalue weighted by molar-refractivity contribution is 5.97. The van der Waals surface area contributed by atoms with Crippen molar-refractivity contribution in [3.05, 3.63) is 53.9 Å². The topological polar surface area (TPSA) is 39.2 Å². The van der Waals surface area contributed by atoms with Gasteiger partial charge in [-0.25, -0.2) is 4.79 Å².